The lowest BCUT2D eigenvalue weighted by Crippen LogP contribution is -2.69. The third-order valence-corrected chi connectivity index (χ3v) is 9.07. The molecule has 2 aliphatic heterocycles. The van der Waals surface area contributed by atoms with Gasteiger partial charge in [0.05, 0.1) is 19.1 Å². The fraction of sp³-hybridized carbons (Fsp3) is 0.826. The molecule has 4 fully saturated rings. The second kappa shape index (κ2) is 6.78. The number of methoxy groups -OCH3 is 1. The van der Waals surface area contributed by atoms with Crippen LogP contribution >= 0.6 is 0 Å². The Kier molecular flexibility index (Phi) is 4.62. The van der Waals surface area contributed by atoms with Gasteiger partial charge in [-0.2, -0.15) is 0 Å². The van der Waals surface area contributed by atoms with E-state index in [9.17, 15) is 14.7 Å². The molecule has 8 atom stereocenters. The first kappa shape index (κ1) is 20.5. The van der Waals surface area contributed by atoms with Crippen LogP contribution in [0, 0.1) is 34.5 Å². The maximum atomic E-state index is 13.0. The van der Waals surface area contributed by atoms with Crippen LogP contribution in [0.1, 0.15) is 52.4 Å². The Labute approximate surface area is 177 Å². The Morgan fingerprint density at radius 1 is 1.33 bits per heavy atom. The summed E-state index contributed by atoms with van der Waals surface area (Å²) in [5.74, 6) is -1.25. The number of ether oxygens (including phenoxy) is 4. The lowest BCUT2D eigenvalue weighted by Gasteiger charge is -2.67. The van der Waals surface area contributed by atoms with Crippen molar-refractivity contribution >= 4 is 11.9 Å². The van der Waals surface area contributed by atoms with Crippen molar-refractivity contribution in [2.75, 3.05) is 20.3 Å². The summed E-state index contributed by atoms with van der Waals surface area (Å²) >= 11 is 0. The molecule has 166 valence electrons. The normalized spacial score (nSPS) is 49.3. The second-order valence-corrected chi connectivity index (χ2v) is 9.88. The molecule has 0 unspecified atom stereocenters. The Hall–Kier alpha value is -1.44. The molecule has 5 rings (SSSR count). The predicted molar refractivity (Wildman–Crippen MR) is 105 cm³/mol. The fourth-order valence-corrected chi connectivity index (χ4v) is 8.05. The Morgan fingerprint density at radius 3 is 2.87 bits per heavy atom. The van der Waals surface area contributed by atoms with Gasteiger partial charge in [0.15, 0.2) is 6.29 Å². The first-order chi connectivity index (χ1) is 14.3. The minimum absolute atomic E-state index is 0.00953. The van der Waals surface area contributed by atoms with Crippen LogP contribution in [0.25, 0.3) is 0 Å². The van der Waals surface area contributed by atoms with E-state index in [2.05, 4.69) is 6.92 Å². The van der Waals surface area contributed by atoms with Crippen LogP contribution in [0.15, 0.2) is 11.6 Å². The molecule has 0 spiro atoms. The van der Waals surface area contributed by atoms with Gasteiger partial charge in [-0.3, -0.25) is 4.79 Å². The Balaban J connectivity index is 1.61. The lowest BCUT2D eigenvalue weighted by atomic mass is 9.40. The van der Waals surface area contributed by atoms with Crippen LogP contribution in [0.5, 0.6) is 0 Å². The van der Waals surface area contributed by atoms with E-state index in [1.165, 1.54) is 7.11 Å². The van der Waals surface area contributed by atoms with Gasteiger partial charge in [0.2, 0.25) is 5.79 Å². The summed E-state index contributed by atoms with van der Waals surface area (Å²) in [6.45, 7) is 4.67. The van der Waals surface area contributed by atoms with Gasteiger partial charge >= 0.3 is 11.9 Å². The molecule has 7 nitrogen and oxygen atoms in total. The SMILES string of the molecule is CCO[C@@]12C[C@H]3[C@@H](CC[C@H]4[C@]5(C(=O)OC)CCC[C@@]34[C@H](O)OC5)[C@@H](C)C1=CC(=O)O2. The molecular weight excluding hydrogens is 388 g/mol. The Bertz CT molecular complexity index is 792. The third kappa shape index (κ3) is 2.37. The quantitative estimate of drug-likeness (QED) is 0.702. The van der Waals surface area contributed by atoms with Crippen LogP contribution in [-0.2, 0) is 28.5 Å². The molecule has 1 saturated heterocycles. The maximum Gasteiger partial charge on any atom is 0.333 e. The number of rotatable bonds is 3. The monoisotopic (exact) mass is 420 g/mol. The zero-order chi connectivity index (χ0) is 21.3. The highest BCUT2D eigenvalue weighted by Gasteiger charge is 2.72. The molecule has 5 aliphatic rings. The van der Waals surface area contributed by atoms with Crippen molar-refractivity contribution in [3.63, 3.8) is 0 Å². The van der Waals surface area contributed by atoms with Gasteiger partial charge in [-0.05, 0) is 56.3 Å². The number of hydrogen-bond acceptors (Lipinski definition) is 7. The van der Waals surface area contributed by atoms with Crippen molar-refractivity contribution in [2.24, 2.45) is 34.5 Å². The van der Waals surface area contributed by atoms with E-state index >= 15 is 0 Å². The summed E-state index contributed by atoms with van der Waals surface area (Å²) < 4.78 is 23.1. The van der Waals surface area contributed by atoms with Crippen LogP contribution in [0.4, 0.5) is 0 Å². The molecule has 0 aromatic carbocycles. The van der Waals surface area contributed by atoms with Gasteiger partial charge in [-0.1, -0.05) is 13.3 Å². The van der Waals surface area contributed by atoms with Gasteiger partial charge in [-0.25, -0.2) is 4.79 Å². The topological polar surface area (TPSA) is 91.3 Å². The maximum absolute atomic E-state index is 13.0. The van der Waals surface area contributed by atoms with Crippen molar-refractivity contribution in [2.45, 2.75) is 64.4 Å². The zero-order valence-corrected chi connectivity index (χ0v) is 18.0. The number of carbonyl (C=O) groups excluding carboxylic acids is 2. The predicted octanol–water partition coefficient (Wildman–Crippen LogP) is 2.56. The standard InChI is InChI=1S/C23H32O7/c1-4-29-23-11-16-14(13(2)15(23)10-18(24)30-23)6-7-17-21(19(25)27-3)8-5-9-22(16,17)20(26)28-12-21/h10,13-14,16-17,20,26H,4-9,11-12H2,1-3H3/t13-,14+,16+,17+,20-,21+,22-,23-/m1/s1. The van der Waals surface area contributed by atoms with E-state index in [1.807, 2.05) is 6.92 Å². The molecule has 1 N–H and O–H groups in total. The van der Waals surface area contributed by atoms with Crippen molar-refractivity contribution < 1.29 is 33.6 Å². The zero-order valence-electron chi connectivity index (χ0n) is 18.0. The molecule has 0 radical (unpaired) electrons. The highest BCUT2D eigenvalue weighted by Crippen LogP contribution is 2.70. The smallest absolute Gasteiger partial charge is 0.333 e. The molecule has 30 heavy (non-hydrogen) atoms. The highest BCUT2D eigenvalue weighted by atomic mass is 16.7. The Morgan fingerprint density at radius 2 is 2.13 bits per heavy atom. The minimum atomic E-state index is -1.06. The van der Waals surface area contributed by atoms with Gasteiger partial charge in [0, 0.05) is 30.1 Å². The molecule has 3 saturated carbocycles. The van der Waals surface area contributed by atoms with Crippen LogP contribution in [0.2, 0.25) is 0 Å². The fourth-order valence-electron chi connectivity index (χ4n) is 8.05. The van der Waals surface area contributed by atoms with E-state index in [4.69, 9.17) is 18.9 Å². The average molecular weight is 421 g/mol. The molecule has 7 heteroatoms. The summed E-state index contributed by atoms with van der Waals surface area (Å²) in [7, 11) is 1.44. The molecular formula is C23H32O7. The summed E-state index contributed by atoms with van der Waals surface area (Å²) in [5.41, 5.74) is -0.347. The summed E-state index contributed by atoms with van der Waals surface area (Å²) in [4.78, 5) is 25.3. The van der Waals surface area contributed by atoms with E-state index in [0.29, 0.717) is 13.0 Å². The van der Waals surface area contributed by atoms with Crippen molar-refractivity contribution in [3.05, 3.63) is 11.6 Å². The number of fused-ring (bicyclic) bond motifs is 2. The number of esters is 2. The molecule has 2 bridgehead atoms. The number of aliphatic hydroxyl groups is 1. The van der Waals surface area contributed by atoms with Crippen LogP contribution in [-0.4, -0.2) is 49.4 Å². The van der Waals surface area contributed by atoms with Gasteiger partial charge in [0.25, 0.3) is 0 Å². The van der Waals surface area contributed by atoms with Crippen LogP contribution in [0.3, 0.4) is 0 Å². The molecule has 2 heterocycles. The number of aliphatic hydroxyl groups excluding tert-OH is 1. The molecule has 0 aromatic heterocycles. The van der Waals surface area contributed by atoms with Crippen molar-refractivity contribution in [1.82, 2.24) is 0 Å². The largest absolute Gasteiger partial charge is 0.469 e. The average Bonchev–Trinajstić information content (AvgIpc) is 3.06. The third-order valence-electron chi connectivity index (χ3n) is 9.07. The number of carbonyl (C=O) groups is 2. The molecule has 0 amide bonds. The van der Waals surface area contributed by atoms with Gasteiger partial charge in [0.1, 0.15) is 0 Å². The summed E-state index contributed by atoms with van der Waals surface area (Å²) in [6, 6.07) is 0. The first-order valence-electron chi connectivity index (χ1n) is 11.3. The van der Waals surface area contributed by atoms with Crippen molar-refractivity contribution in [3.8, 4) is 0 Å². The van der Waals surface area contributed by atoms with Gasteiger partial charge < -0.3 is 24.1 Å². The number of hydrogen-bond donors (Lipinski definition) is 1. The highest BCUT2D eigenvalue weighted by molar-refractivity contribution is 5.86. The summed E-state index contributed by atoms with van der Waals surface area (Å²) in [6.07, 6.45) is 5.32. The first-order valence-corrected chi connectivity index (χ1v) is 11.3. The van der Waals surface area contributed by atoms with E-state index < -0.39 is 22.9 Å². The lowest BCUT2D eigenvalue weighted by molar-refractivity contribution is -0.333. The molecule has 3 aliphatic carbocycles. The second-order valence-electron chi connectivity index (χ2n) is 9.88. The van der Waals surface area contributed by atoms with Crippen molar-refractivity contribution in [1.29, 1.82) is 0 Å². The van der Waals surface area contributed by atoms with E-state index in [0.717, 1.165) is 37.7 Å². The van der Waals surface area contributed by atoms with Gasteiger partial charge in [-0.15, -0.1) is 0 Å². The minimum Gasteiger partial charge on any atom is -0.469 e. The van der Waals surface area contributed by atoms with Crippen LogP contribution < -0.4 is 0 Å². The molecule has 0 aromatic rings. The van der Waals surface area contributed by atoms with E-state index in [1.54, 1.807) is 6.08 Å². The summed E-state index contributed by atoms with van der Waals surface area (Å²) in [5, 5.41) is 11.3. The van der Waals surface area contributed by atoms with E-state index in [-0.39, 0.29) is 42.2 Å².